The number of nitrogens with one attached hydrogen (secondary N) is 1. The van der Waals surface area contributed by atoms with E-state index < -0.39 is 6.04 Å². The molecule has 0 radical (unpaired) electrons. The zero-order chi connectivity index (χ0) is 14.5. The summed E-state index contributed by atoms with van der Waals surface area (Å²) in [7, 11) is 1.38. The second-order valence-corrected chi connectivity index (χ2v) is 6.02. The van der Waals surface area contributed by atoms with E-state index in [0.29, 0.717) is 0 Å². The summed E-state index contributed by atoms with van der Waals surface area (Å²) >= 11 is 7.42. The lowest BCUT2D eigenvalue weighted by molar-refractivity contribution is -0.143. The van der Waals surface area contributed by atoms with Gasteiger partial charge in [0.25, 0.3) is 0 Å². The fraction of sp³-hybridized carbons (Fsp3) is 0.286. The maximum atomic E-state index is 11.9. The van der Waals surface area contributed by atoms with Gasteiger partial charge in [-0.1, -0.05) is 17.7 Å². The Morgan fingerprint density at radius 3 is 2.80 bits per heavy atom. The summed E-state index contributed by atoms with van der Waals surface area (Å²) in [6.45, 7) is 1.98. The number of halogens is 1. The summed E-state index contributed by atoms with van der Waals surface area (Å²) in [6.07, 6.45) is 3.32. The summed E-state index contributed by atoms with van der Waals surface area (Å²) in [5, 5.41) is 3.25. The average molecular weight is 311 g/mol. The highest BCUT2D eigenvalue weighted by Gasteiger charge is 2.24. The van der Waals surface area contributed by atoms with Gasteiger partial charge in [-0.15, -0.1) is 11.3 Å². The summed E-state index contributed by atoms with van der Waals surface area (Å²) in [5.41, 5.74) is 0.772. The third-order valence-corrected chi connectivity index (χ3v) is 4.31. The number of esters is 1. The molecule has 106 valence electrons. The standard InChI is InChI=1S/C14H15ClN2O2S/c1-9(11-5-6-12(15)20-11)17-13(14(18)19-2)10-4-3-7-16-8-10/h3-9,13,17H,1-2H3. The van der Waals surface area contributed by atoms with E-state index in [1.165, 1.54) is 18.4 Å². The molecular formula is C14H15ClN2O2S. The third-order valence-electron chi connectivity index (χ3n) is 2.89. The van der Waals surface area contributed by atoms with Crippen molar-refractivity contribution < 1.29 is 9.53 Å². The first kappa shape index (κ1) is 15.0. The number of thiophene rings is 1. The molecule has 2 unspecified atom stereocenters. The lowest BCUT2D eigenvalue weighted by Crippen LogP contribution is -2.31. The number of carbonyl (C=O) groups is 1. The molecule has 0 saturated heterocycles. The molecular weight excluding hydrogens is 296 g/mol. The van der Waals surface area contributed by atoms with Crippen LogP contribution in [0.2, 0.25) is 4.34 Å². The van der Waals surface area contributed by atoms with E-state index >= 15 is 0 Å². The van der Waals surface area contributed by atoms with Gasteiger partial charge in [-0.05, 0) is 30.7 Å². The van der Waals surface area contributed by atoms with Crippen LogP contribution in [-0.4, -0.2) is 18.1 Å². The van der Waals surface area contributed by atoms with Crippen LogP contribution in [0.25, 0.3) is 0 Å². The Kier molecular flexibility index (Phi) is 5.11. The van der Waals surface area contributed by atoms with Gasteiger partial charge in [0.15, 0.2) is 0 Å². The van der Waals surface area contributed by atoms with Crippen LogP contribution in [0.3, 0.4) is 0 Å². The molecule has 0 aliphatic rings. The summed E-state index contributed by atoms with van der Waals surface area (Å²) < 4.78 is 5.58. The maximum absolute atomic E-state index is 11.9. The molecule has 2 aromatic heterocycles. The van der Waals surface area contributed by atoms with Crippen molar-refractivity contribution in [1.29, 1.82) is 0 Å². The molecule has 0 aliphatic heterocycles. The van der Waals surface area contributed by atoms with E-state index in [9.17, 15) is 4.79 Å². The van der Waals surface area contributed by atoms with Crippen molar-refractivity contribution in [2.45, 2.75) is 19.0 Å². The molecule has 6 heteroatoms. The zero-order valence-corrected chi connectivity index (χ0v) is 12.7. The number of aromatic nitrogens is 1. The van der Waals surface area contributed by atoms with Gasteiger partial charge in [0, 0.05) is 23.3 Å². The highest BCUT2D eigenvalue weighted by Crippen LogP contribution is 2.28. The van der Waals surface area contributed by atoms with Gasteiger partial charge in [-0.25, -0.2) is 4.79 Å². The van der Waals surface area contributed by atoms with Crippen molar-refractivity contribution >= 4 is 28.9 Å². The Labute approximate surface area is 126 Å². The van der Waals surface area contributed by atoms with E-state index in [-0.39, 0.29) is 12.0 Å². The van der Waals surface area contributed by atoms with Gasteiger partial charge in [-0.2, -0.15) is 0 Å². The van der Waals surface area contributed by atoms with Crippen molar-refractivity contribution in [2.75, 3.05) is 7.11 Å². The van der Waals surface area contributed by atoms with Crippen LogP contribution in [-0.2, 0) is 9.53 Å². The number of pyridine rings is 1. The minimum atomic E-state index is -0.551. The van der Waals surface area contributed by atoms with Crippen LogP contribution in [0.15, 0.2) is 36.7 Å². The average Bonchev–Trinajstić information content (AvgIpc) is 2.91. The minimum absolute atomic E-state index is 0.0168. The Balaban J connectivity index is 2.18. The van der Waals surface area contributed by atoms with Crippen LogP contribution >= 0.6 is 22.9 Å². The number of carbonyl (C=O) groups excluding carboxylic acids is 1. The Morgan fingerprint density at radius 1 is 1.45 bits per heavy atom. The Morgan fingerprint density at radius 2 is 2.25 bits per heavy atom. The first-order valence-electron chi connectivity index (χ1n) is 6.11. The minimum Gasteiger partial charge on any atom is -0.468 e. The van der Waals surface area contributed by atoms with Gasteiger partial charge in [0.05, 0.1) is 11.4 Å². The number of ether oxygens (including phenoxy) is 1. The summed E-state index contributed by atoms with van der Waals surface area (Å²) in [4.78, 5) is 17.1. The van der Waals surface area contributed by atoms with Crippen molar-refractivity contribution in [2.24, 2.45) is 0 Å². The van der Waals surface area contributed by atoms with Crippen LogP contribution in [0, 0.1) is 0 Å². The van der Waals surface area contributed by atoms with Crippen LogP contribution in [0.4, 0.5) is 0 Å². The number of methoxy groups -OCH3 is 1. The van der Waals surface area contributed by atoms with Crippen molar-refractivity contribution in [1.82, 2.24) is 10.3 Å². The molecule has 20 heavy (non-hydrogen) atoms. The largest absolute Gasteiger partial charge is 0.468 e. The lowest BCUT2D eigenvalue weighted by Gasteiger charge is -2.20. The molecule has 0 fully saturated rings. The Bertz CT molecular complexity index is 574. The quantitative estimate of drug-likeness (QED) is 0.860. The van der Waals surface area contributed by atoms with E-state index in [1.807, 2.05) is 25.1 Å². The molecule has 0 amide bonds. The van der Waals surface area contributed by atoms with Gasteiger partial charge in [-0.3, -0.25) is 10.3 Å². The zero-order valence-electron chi connectivity index (χ0n) is 11.2. The topological polar surface area (TPSA) is 51.2 Å². The molecule has 0 spiro atoms. The molecule has 2 atom stereocenters. The predicted molar refractivity (Wildman–Crippen MR) is 79.9 cm³/mol. The highest BCUT2D eigenvalue weighted by atomic mass is 35.5. The number of rotatable bonds is 5. The van der Waals surface area contributed by atoms with Crippen molar-refractivity contribution in [3.8, 4) is 0 Å². The number of hydrogen-bond donors (Lipinski definition) is 1. The SMILES string of the molecule is COC(=O)C(NC(C)c1ccc(Cl)s1)c1cccnc1. The first-order chi connectivity index (χ1) is 9.61. The summed E-state index contributed by atoms with van der Waals surface area (Å²) in [6, 6.07) is 6.86. The van der Waals surface area contributed by atoms with Crippen molar-refractivity contribution in [3.05, 3.63) is 51.4 Å². The smallest absolute Gasteiger partial charge is 0.327 e. The molecule has 0 aliphatic carbocycles. The number of hydrogen-bond acceptors (Lipinski definition) is 5. The van der Waals surface area contributed by atoms with Crippen LogP contribution in [0.5, 0.6) is 0 Å². The third kappa shape index (κ3) is 3.56. The summed E-state index contributed by atoms with van der Waals surface area (Å²) in [5.74, 6) is -0.340. The molecule has 0 aromatic carbocycles. The molecule has 2 rings (SSSR count). The van der Waals surface area contributed by atoms with E-state index in [4.69, 9.17) is 16.3 Å². The Hall–Kier alpha value is -1.43. The van der Waals surface area contributed by atoms with Gasteiger partial charge < -0.3 is 4.74 Å². The normalized spacial score (nSPS) is 13.8. The monoisotopic (exact) mass is 310 g/mol. The van der Waals surface area contributed by atoms with Gasteiger partial charge >= 0.3 is 5.97 Å². The maximum Gasteiger partial charge on any atom is 0.327 e. The number of nitrogens with zero attached hydrogens (tertiary/aromatic N) is 1. The fourth-order valence-electron chi connectivity index (χ4n) is 1.86. The molecule has 2 aromatic rings. The fourth-order valence-corrected chi connectivity index (χ4v) is 2.93. The second-order valence-electron chi connectivity index (χ2n) is 4.27. The van der Waals surface area contributed by atoms with Gasteiger partial charge in [0.2, 0.25) is 0 Å². The van der Waals surface area contributed by atoms with E-state index in [1.54, 1.807) is 18.5 Å². The van der Waals surface area contributed by atoms with E-state index in [0.717, 1.165) is 14.8 Å². The second kappa shape index (κ2) is 6.83. The molecule has 0 bridgehead atoms. The van der Waals surface area contributed by atoms with E-state index in [2.05, 4.69) is 10.3 Å². The molecule has 1 N–H and O–H groups in total. The van der Waals surface area contributed by atoms with Crippen LogP contribution in [0.1, 0.15) is 29.4 Å². The molecule has 0 saturated carbocycles. The van der Waals surface area contributed by atoms with Crippen LogP contribution < -0.4 is 5.32 Å². The van der Waals surface area contributed by atoms with Crippen molar-refractivity contribution in [3.63, 3.8) is 0 Å². The molecule has 4 nitrogen and oxygen atoms in total. The lowest BCUT2D eigenvalue weighted by atomic mass is 10.1. The predicted octanol–water partition coefficient (Wildman–Crippen LogP) is 3.36. The first-order valence-corrected chi connectivity index (χ1v) is 7.30. The van der Waals surface area contributed by atoms with Gasteiger partial charge in [0.1, 0.15) is 6.04 Å². The molecule has 2 heterocycles. The highest BCUT2D eigenvalue weighted by molar-refractivity contribution is 7.16.